The van der Waals surface area contributed by atoms with Crippen LogP contribution in [0, 0.1) is 5.41 Å². The average molecular weight is 274 g/mol. The molecule has 1 unspecified atom stereocenters. The number of carbonyl (C=O) groups excluding carboxylic acids is 1. The van der Waals surface area contributed by atoms with Crippen LogP contribution in [-0.2, 0) is 4.79 Å². The van der Waals surface area contributed by atoms with E-state index in [4.69, 9.17) is 5.11 Å². The topological polar surface area (TPSA) is 69.6 Å². The highest BCUT2D eigenvalue weighted by molar-refractivity contribution is 7.99. The van der Waals surface area contributed by atoms with Crippen LogP contribution >= 0.6 is 11.8 Å². The predicted molar refractivity (Wildman–Crippen MR) is 72.9 cm³/mol. The second kappa shape index (κ2) is 6.87. The summed E-state index contributed by atoms with van der Waals surface area (Å²) in [6.07, 6.45) is 1.50. The first-order valence-corrected chi connectivity index (χ1v) is 7.49. The molecule has 18 heavy (non-hydrogen) atoms. The third-order valence-corrected chi connectivity index (χ3v) is 4.48. The van der Waals surface area contributed by atoms with Crippen molar-refractivity contribution < 1.29 is 14.7 Å². The highest BCUT2D eigenvalue weighted by Gasteiger charge is 2.32. The smallest absolute Gasteiger partial charge is 0.317 e. The zero-order chi connectivity index (χ0) is 13.6. The molecule has 1 saturated heterocycles. The summed E-state index contributed by atoms with van der Waals surface area (Å²) in [7, 11) is 0. The van der Waals surface area contributed by atoms with Crippen molar-refractivity contribution in [2.24, 2.45) is 5.41 Å². The van der Waals surface area contributed by atoms with Crippen molar-refractivity contribution in [1.82, 2.24) is 10.2 Å². The number of nitrogens with zero attached hydrogens (tertiary/aromatic N) is 1. The predicted octanol–water partition coefficient (Wildman–Crippen LogP) is 1.64. The molecule has 2 N–H and O–H groups in total. The summed E-state index contributed by atoms with van der Waals surface area (Å²) in [5, 5.41) is 11.9. The third-order valence-electron chi connectivity index (χ3n) is 3.44. The summed E-state index contributed by atoms with van der Waals surface area (Å²) in [4.78, 5) is 24.9. The fourth-order valence-corrected chi connectivity index (χ4v) is 2.57. The molecule has 1 aliphatic heterocycles. The lowest BCUT2D eigenvalue weighted by Gasteiger charge is -2.26. The highest BCUT2D eigenvalue weighted by atomic mass is 32.2. The van der Waals surface area contributed by atoms with E-state index < -0.39 is 11.4 Å². The van der Waals surface area contributed by atoms with Gasteiger partial charge in [-0.05, 0) is 25.5 Å². The fourth-order valence-electron chi connectivity index (χ4n) is 1.68. The van der Waals surface area contributed by atoms with Gasteiger partial charge in [-0.15, -0.1) is 0 Å². The number of carboxylic acids is 1. The van der Waals surface area contributed by atoms with Gasteiger partial charge in [0.25, 0.3) is 0 Å². The molecule has 0 spiro atoms. The molecule has 1 rings (SSSR count). The number of carbonyl (C=O) groups is 2. The Hall–Kier alpha value is -0.910. The van der Waals surface area contributed by atoms with E-state index in [-0.39, 0.29) is 12.6 Å². The summed E-state index contributed by atoms with van der Waals surface area (Å²) >= 11 is 1.85. The Morgan fingerprint density at radius 1 is 1.39 bits per heavy atom. The molecule has 6 heteroatoms. The Morgan fingerprint density at radius 3 is 2.72 bits per heavy atom. The molecule has 5 nitrogen and oxygen atoms in total. The average Bonchev–Trinajstić information content (AvgIpc) is 2.64. The molecule has 1 fully saturated rings. The number of nitrogens with one attached hydrogen (secondary N) is 1. The van der Waals surface area contributed by atoms with Gasteiger partial charge in [0.05, 0.1) is 5.41 Å². The maximum atomic E-state index is 11.9. The number of aliphatic carboxylic acids is 1. The monoisotopic (exact) mass is 274 g/mol. The normalized spacial score (nSPS) is 19.8. The van der Waals surface area contributed by atoms with E-state index >= 15 is 0 Å². The van der Waals surface area contributed by atoms with Gasteiger partial charge in [-0.2, -0.15) is 11.8 Å². The Kier molecular flexibility index (Phi) is 5.78. The van der Waals surface area contributed by atoms with Crippen LogP contribution in [0.5, 0.6) is 0 Å². The summed E-state index contributed by atoms with van der Waals surface area (Å²) < 4.78 is 0. The van der Waals surface area contributed by atoms with Crippen molar-refractivity contribution in [3.05, 3.63) is 0 Å². The molecule has 1 atom stereocenters. The van der Waals surface area contributed by atoms with E-state index in [9.17, 15) is 9.59 Å². The lowest BCUT2D eigenvalue weighted by Crippen LogP contribution is -2.47. The van der Waals surface area contributed by atoms with E-state index in [1.807, 2.05) is 18.7 Å². The van der Waals surface area contributed by atoms with Crippen LogP contribution in [0.15, 0.2) is 0 Å². The van der Waals surface area contributed by atoms with Crippen LogP contribution in [0.25, 0.3) is 0 Å². The van der Waals surface area contributed by atoms with Crippen LogP contribution in [0.1, 0.15) is 26.7 Å². The molecule has 0 aromatic carbocycles. The van der Waals surface area contributed by atoms with E-state index in [1.54, 1.807) is 11.8 Å². The standard InChI is InChI=1S/C12H22N2O3S/c1-3-12(2,10(15)16)9-13-11(17)14-5-4-7-18-8-6-14/h3-9H2,1-2H3,(H,13,17)(H,15,16). The largest absolute Gasteiger partial charge is 0.481 e. The Bertz CT molecular complexity index is 304. The summed E-state index contributed by atoms with van der Waals surface area (Å²) in [5.74, 6) is 1.18. The molecule has 0 aliphatic carbocycles. The number of amides is 2. The van der Waals surface area contributed by atoms with Gasteiger partial charge >= 0.3 is 12.0 Å². The summed E-state index contributed by atoms with van der Waals surface area (Å²) in [6.45, 7) is 5.17. The van der Waals surface area contributed by atoms with Gasteiger partial charge in [-0.3, -0.25) is 4.79 Å². The molecular formula is C12H22N2O3S. The molecule has 1 heterocycles. The van der Waals surface area contributed by atoms with E-state index in [2.05, 4.69) is 5.32 Å². The van der Waals surface area contributed by atoms with Crippen molar-refractivity contribution >= 4 is 23.8 Å². The molecule has 1 aliphatic rings. The van der Waals surface area contributed by atoms with Gasteiger partial charge < -0.3 is 15.3 Å². The number of carboxylic acid groups (broad SMARTS) is 1. The summed E-state index contributed by atoms with van der Waals surface area (Å²) in [6, 6.07) is -0.140. The van der Waals surface area contributed by atoms with Gasteiger partial charge in [-0.25, -0.2) is 4.79 Å². The minimum absolute atomic E-state index is 0.140. The minimum atomic E-state index is -0.879. The highest BCUT2D eigenvalue weighted by Crippen LogP contribution is 2.20. The van der Waals surface area contributed by atoms with Crippen LogP contribution in [0.2, 0.25) is 0 Å². The number of rotatable bonds is 4. The Labute approximate surface area is 112 Å². The lowest BCUT2D eigenvalue weighted by atomic mass is 9.88. The van der Waals surface area contributed by atoms with Crippen molar-refractivity contribution in [3.63, 3.8) is 0 Å². The van der Waals surface area contributed by atoms with Crippen molar-refractivity contribution in [2.75, 3.05) is 31.1 Å². The second-order valence-electron chi connectivity index (χ2n) is 4.83. The van der Waals surface area contributed by atoms with Crippen LogP contribution in [-0.4, -0.2) is 53.1 Å². The molecule has 0 aromatic heterocycles. The fraction of sp³-hybridized carbons (Fsp3) is 0.833. The maximum absolute atomic E-state index is 11.9. The molecule has 0 bridgehead atoms. The molecule has 2 amide bonds. The summed E-state index contributed by atoms with van der Waals surface area (Å²) in [5.41, 5.74) is -0.879. The van der Waals surface area contributed by atoms with E-state index in [0.717, 1.165) is 31.0 Å². The third kappa shape index (κ3) is 4.08. The number of urea groups is 1. The van der Waals surface area contributed by atoms with Crippen molar-refractivity contribution in [3.8, 4) is 0 Å². The van der Waals surface area contributed by atoms with Gasteiger partial charge in [-0.1, -0.05) is 6.92 Å². The van der Waals surface area contributed by atoms with Crippen molar-refractivity contribution in [2.45, 2.75) is 26.7 Å². The lowest BCUT2D eigenvalue weighted by molar-refractivity contribution is -0.147. The molecular weight excluding hydrogens is 252 g/mol. The van der Waals surface area contributed by atoms with Gasteiger partial charge in [0, 0.05) is 25.4 Å². The van der Waals surface area contributed by atoms with Crippen molar-refractivity contribution in [1.29, 1.82) is 0 Å². The van der Waals surface area contributed by atoms with Crippen LogP contribution < -0.4 is 5.32 Å². The van der Waals surface area contributed by atoms with Gasteiger partial charge in [0.1, 0.15) is 0 Å². The number of thioether (sulfide) groups is 1. The first-order valence-electron chi connectivity index (χ1n) is 6.33. The Balaban J connectivity index is 2.46. The second-order valence-corrected chi connectivity index (χ2v) is 6.06. The van der Waals surface area contributed by atoms with Crippen LogP contribution in [0.3, 0.4) is 0 Å². The number of hydrogen-bond donors (Lipinski definition) is 2. The zero-order valence-electron chi connectivity index (χ0n) is 11.1. The molecule has 0 radical (unpaired) electrons. The molecule has 0 aromatic rings. The quantitative estimate of drug-likeness (QED) is 0.817. The molecule has 104 valence electrons. The molecule has 0 saturated carbocycles. The first kappa shape index (κ1) is 15.1. The van der Waals surface area contributed by atoms with E-state index in [1.165, 1.54) is 0 Å². The Morgan fingerprint density at radius 2 is 2.11 bits per heavy atom. The SMILES string of the molecule is CCC(C)(CNC(=O)N1CCCSCC1)C(=O)O. The number of hydrogen-bond acceptors (Lipinski definition) is 3. The first-order chi connectivity index (χ1) is 8.49. The van der Waals surface area contributed by atoms with E-state index in [0.29, 0.717) is 6.42 Å². The zero-order valence-corrected chi connectivity index (χ0v) is 11.9. The van der Waals surface area contributed by atoms with Gasteiger partial charge in [0.2, 0.25) is 0 Å². The minimum Gasteiger partial charge on any atom is -0.481 e. The van der Waals surface area contributed by atoms with Crippen LogP contribution in [0.4, 0.5) is 4.79 Å². The van der Waals surface area contributed by atoms with Gasteiger partial charge in [0.15, 0.2) is 0 Å². The maximum Gasteiger partial charge on any atom is 0.317 e.